The number of amides is 3. The van der Waals surface area contributed by atoms with Crippen LogP contribution in [0.15, 0.2) is 84.9 Å². The number of phenols is 2. The number of carbonyl (C=O) groups excluding carboxylic acids is 5. The minimum absolute atomic E-state index is 0.0348. The van der Waals surface area contributed by atoms with E-state index in [4.69, 9.17) is 5.73 Å². The predicted molar refractivity (Wildman–Crippen MR) is 236 cm³/mol. The van der Waals surface area contributed by atoms with Crippen molar-refractivity contribution in [2.45, 2.75) is 90.1 Å². The number of carboxylic acids is 1. The summed E-state index contributed by atoms with van der Waals surface area (Å²) < 4.78 is 0. The molecule has 0 aromatic heterocycles. The first kappa shape index (κ1) is 46.7. The number of hydrogen-bond donors (Lipinski definition) is 6. The fourth-order valence-electron chi connectivity index (χ4n) is 7.80. The summed E-state index contributed by atoms with van der Waals surface area (Å²) >= 11 is 0. The van der Waals surface area contributed by atoms with E-state index in [1.54, 1.807) is 12.1 Å². The minimum atomic E-state index is -1.34. The van der Waals surface area contributed by atoms with Crippen molar-refractivity contribution >= 4 is 35.3 Å². The highest BCUT2D eigenvalue weighted by molar-refractivity contribution is 5.99. The molecular formula is C49H58N4O9. The van der Waals surface area contributed by atoms with E-state index in [-0.39, 0.29) is 66.5 Å². The number of phenolic OH excluding ortho intramolecular Hbond substituents is 2. The van der Waals surface area contributed by atoms with Gasteiger partial charge in [0.1, 0.15) is 23.6 Å². The van der Waals surface area contributed by atoms with Crippen molar-refractivity contribution in [1.29, 1.82) is 0 Å². The highest BCUT2D eigenvalue weighted by Crippen LogP contribution is 2.39. The van der Waals surface area contributed by atoms with E-state index in [1.165, 1.54) is 60.8 Å². The van der Waals surface area contributed by atoms with E-state index >= 15 is 0 Å². The quantitative estimate of drug-likeness (QED) is 0.0500. The van der Waals surface area contributed by atoms with Gasteiger partial charge in [-0.25, -0.2) is 4.79 Å². The van der Waals surface area contributed by atoms with Crippen LogP contribution in [0.1, 0.15) is 98.3 Å². The summed E-state index contributed by atoms with van der Waals surface area (Å²) in [6.07, 6.45) is 4.31. The van der Waals surface area contributed by atoms with Crippen LogP contribution in [0.2, 0.25) is 0 Å². The van der Waals surface area contributed by atoms with Crippen molar-refractivity contribution in [3.63, 3.8) is 0 Å². The summed E-state index contributed by atoms with van der Waals surface area (Å²) in [6, 6.07) is 21.8. The van der Waals surface area contributed by atoms with Crippen molar-refractivity contribution < 1.29 is 44.1 Å². The second-order valence-corrected chi connectivity index (χ2v) is 16.2. The van der Waals surface area contributed by atoms with Gasteiger partial charge in [0.05, 0.1) is 0 Å². The molecule has 0 fully saturated rings. The van der Waals surface area contributed by atoms with Crippen molar-refractivity contribution in [3.8, 4) is 33.8 Å². The third-order valence-corrected chi connectivity index (χ3v) is 11.5. The monoisotopic (exact) mass is 846 g/mol. The van der Waals surface area contributed by atoms with Gasteiger partial charge in [0.25, 0.3) is 0 Å². The second kappa shape index (κ2) is 22.0. The minimum Gasteiger partial charge on any atom is -0.507 e. The lowest BCUT2D eigenvalue weighted by Gasteiger charge is -2.29. The molecule has 4 aromatic carbocycles. The lowest BCUT2D eigenvalue weighted by Crippen LogP contribution is -2.45. The van der Waals surface area contributed by atoms with Gasteiger partial charge < -0.3 is 36.6 Å². The van der Waals surface area contributed by atoms with Gasteiger partial charge in [0.15, 0.2) is 11.6 Å². The highest BCUT2D eigenvalue weighted by atomic mass is 16.4. The standard InChI is InChI=1S/C49H58N4O9/c1-4-5-8-31-10-13-33(14-11-31)34-15-17-35(18-16-34)43(56)29-37(9-6-7-23-50)48(60)51-24-22-45(58)53(3)46-36-19-21-42(55)39(28-36)38-26-32(12-20-41(38)54)27-40(49(61)62)52-47(59)30(2)25-44(46)57/h10-21,26,28,30,37,40,46,54-55H,4-9,22-25,27,29,50H2,1-3H3,(H,51,60)(H,52,59)(H,61,62)/t30-,37-,40+,46+/m1/s1. The van der Waals surface area contributed by atoms with Gasteiger partial charge >= 0.3 is 5.97 Å². The zero-order valence-corrected chi connectivity index (χ0v) is 35.7. The van der Waals surface area contributed by atoms with E-state index in [1.807, 2.05) is 12.1 Å². The Bertz CT molecular complexity index is 2240. The maximum absolute atomic E-state index is 14.1. The molecule has 0 spiro atoms. The van der Waals surface area contributed by atoms with Crippen LogP contribution in [0.4, 0.5) is 0 Å². The summed E-state index contributed by atoms with van der Waals surface area (Å²) in [5, 5.41) is 36.9. The van der Waals surface area contributed by atoms with Crippen LogP contribution in [0.25, 0.3) is 22.3 Å². The molecular weight excluding hydrogens is 789 g/mol. The fourth-order valence-corrected chi connectivity index (χ4v) is 7.80. The number of fused-ring (bicyclic) bond motifs is 5. The Morgan fingerprint density at radius 2 is 1.50 bits per heavy atom. The van der Waals surface area contributed by atoms with Gasteiger partial charge in [0, 0.05) is 67.8 Å². The number of unbranched alkanes of at least 4 members (excludes halogenated alkanes) is 2. The molecule has 4 bridgehead atoms. The number of ketones is 2. The van der Waals surface area contributed by atoms with E-state index in [2.05, 4.69) is 41.8 Å². The number of carbonyl (C=O) groups is 6. The Kier molecular flexibility index (Phi) is 16.5. The smallest absolute Gasteiger partial charge is 0.326 e. The Morgan fingerprint density at radius 1 is 0.855 bits per heavy atom. The molecule has 0 aliphatic carbocycles. The van der Waals surface area contributed by atoms with Crippen molar-refractivity contribution in [2.24, 2.45) is 17.6 Å². The zero-order valence-electron chi connectivity index (χ0n) is 35.7. The maximum Gasteiger partial charge on any atom is 0.326 e. The molecule has 5 rings (SSSR count). The topological polar surface area (TPSA) is 216 Å². The number of aryl methyl sites for hydroxylation is 1. The number of carboxylic acid groups (broad SMARTS) is 1. The maximum atomic E-state index is 14.1. The number of Topliss-reactive ketones (excluding diaryl/α,β-unsaturated/α-hetero) is 2. The Labute approximate surface area is 362 Å². The van der Waals surface area contributed by atoms with E-state index in [0.29, 0.717) is 42.5 Å². The zero-order chi connectivity index (χ0) is 44.9. The molecule has 1 aliphatic heterocycles. The third-order valence-electron chi connectivity index (χ3n) is 11.5. The molecule has 13 heteroatoms. The molecule has 13 nitrogen and oxygen atoms in total. The first-order chi connectivity index (χ1) is 29.7. The second-order valence-electron chi connectivity index (χ2n) is 16.2. The van der Waals surface area contributed by atoms with Gasteiger partial charge in [-0.2, -0.15) is 0 Å². The lowest BCUT2D eigenvalue weighted by molar-refractivity contribution is -0.143. The van der Waals surface area contributed by atoms with Crippen LogP contribution in [0.3, 0.4) is 0 Å². The molecule has 4 aromatic rings. The summed E-state index contributed by atoms with van der Waals surface area (Å²) in [5.41, 5.74) is 10.6. The molecule has 4 atom stereocenters. The normalized spacial score (nSPS) is 17.0. The average molecular weight is 847 g/mol. The third kappa shape index (κ3) is 12.2. The summed E-state index contributed by atoms with van der Waals surface area (Å²) in [4.78, 5) is 81.5. The van der Waals surface area contributed by atoms with Crippen molar-refractivity contribution in [3.05, 3.63) is 107 Å². The number of aromatic hydroxyl groups is 2. The van der Waals surface area contributed by atoms with E-state index in [0.717, 1.165) is 30.4 Å². The van der Waals surface area contributed by atoms with Crippen molar-refractivity contribution in [2.75, 3.05) is 20.1 Å². The number of nitrogens with zero attached hydrogens (tertiary/aromatic N) is 1. The first-order valence-corrected chi connectivity index (χ1v) is 21.4. The van der Waals surface area contributed by atoms with Gasteiger partial charge in [-0.3, -0.25) is 24.0 Å². The van der Waals surface area contributed by atoms with Crippen LogP contribution < -0.4 is 16.4 Å². The molecule has 7 N–H and O–H groups in total. The average Bonchev–Trinajstić information content (AvgIpc) is 3.26. The Hall–Kier alpha value is -6.34. The number of benzene rings is 4. The number of nitrogens with two attached hydrogens (primary N) is 1. The van der Waals surface area contributed by atoms with Gasteiger partial charge in [-0.05, 0) is 84.3 Å². The number of hydrogen-bond acceptors (Lipinski definition) is 9. The lowest BCUT2D eigenvalue weighted by atomic mass is 9.90. The molecule has 0 unspecified atom stereocenters. The largest absolute Gasteiger partial charge is 0.507 e. The van der Waals surface area contributed by atoms with Gasteiger partial charge in [-0.1, -0.05) is 87.4 Å². The molecule has 0 radical (unpaired) electrons. The van der Waals surface area contributed by atoms with Crippen LogP contribution in [0, 0.1) is 11.8 Å². The molecule has 1 heterocycles. The van der Waals surface area contributed by atoms with Gasteiger partial charge in [0.2, 0.25) is 17.7 Å². The molecule has 0 saturated heterocycles. The Balaban J connectivity index is 1.29. The number of likely N-dealkylation sites (N-methyl/N-ethyl adjacent to an activating group) is 1. The highest BCUT2D eigenvalue weighted by Gasteiger charge is 2.33. The predicted octanol–water partition coefficient (Wildman–Crippen LogP) is 6.52. The summed E-state index contributed by atoms with van der Waals surface area (Å²) in [7, 11) is 1.42. The molecule has 1 aliphatic rings. The molecule has 3 amide bonds. The van der Waals surface area contributed by atoms with Crippen LogP contribution >= 0.6 is 0 Å². The number of aliphatic carboxylic acids is 1. The van der Waals surface area contributed by atoms with Crippen molar-refractivity contribution in [1.82, 2.24) is 15.5 Å². The number of rotatable bonds is 17. The van der Waals surface area contributed by atoms with Gasteiger partial charge in [-0.15, -0.1) is 0 Å². The summed E-state index contributed by atoms with van der Waals surface area (Å²) in [5.74, 6) is -5.65. The molecule has 328 valence electrons. The fraction of sp³-hybridized carbons (Fsp3) is 0.388. The first-order valence-electron chi connectivity index (χ1n) is 21.4. The van der Waals surface area contributed by atoms with E-state index < -0.39 is 47.5 Å². The van der Waals surface area contributed by atoms with Crippen LogP contribution in [-0.2, 0) is 36.8 Å². The molecule has 62 heavy (non-hydrogen) atoms. The SMILES string of the molecule is CCCCc1ccc(-c2ccc(C(=O)C[C@@H](CCCCN)C(=O)NCCC(=O)N(C)[C@@H]3C(=O)C[C@@H](C)C(=O)N[C@H](C(=O)O)Cc4ccc(O)c(c4)-c4cc3ccc4O)cc2)cc1. The van der Waals surface area contributed by atoms with Crippen LogP contribution in [-0.4, -0.2) is 81.7 Å². The van der Waals surface area contributed by atoms with E-state index in [9.17, 15) is 44.1 Å². The number of nitrogens with one attached hydrogen (secondary N) is 2. The summed E-state index contributed by atoms with van der Waals surface area (Å²) in [6.45, 7) is 4.01. The molecule has 0 saturated carbocycles. The van der Waals surface area contributed by atoms with Crippen LogP contribution in [0.5, 0.6) is 11.5 Å². The Morgan fingerprint density at radius 3 is 2.15 bits per heavy atom.